The molecule has 0 spiro atoms. The normalized spacial score (nSPS) is 10.1. The third-order valence-electron chi connectivity index (χ3n) is 3.21. The lowest BCUT2D eigenvalue weighted by molar-refractivity contribution is 1.16. The van der Waals surface area contributed by atoms with Gasteiger partial charge in [-0.05, 0) is 41.5 Å². The van der Waals surface area contributed by atoms with Gasteiger partial charge in [0.05, 0.1) is 0 Å². The minimum Gasteiger partial charge on any atom is -0.103 e. The zero-order chi connectivity index (χ0) is 13.5. The molecule has 0 atom stereocenters. The molecule has 0 nitrogen and oxygen atoms in total. The fourth-order valence-electron chi connectivity index (χ4n) is 2.16. The molecule has 0 saturated heterocycles. The van der Waals surface area contributed by atoms with Crippen molar-refractivity contribution < 1.29 is 0 Å². The summed E-state index contributed by atoms with van der Waals surface area (Å²) < 4.78 is 0. The zero-order valence-electron chi connectivity index (χ0n) is 11.3. The first-order chi connectivity index (χ1) is 9.31. The Balaban J connectivity index is 2.03. The van der Waals surface area contributed by atoms with Crippen molar-refractivity contribution in [2.45, 2.75) is 19.3 Å². The highest BCUT2D eigenvalue weighted by atomic mass is 14.0. The van der Waals surface area contributed by atoms with Crippen LogP contribution >= 0.6 is 0 Å². The van der Waals surface area contributed by atoms with Gasteiger partial charge in [-0.2, -0.15) is 0 Å². The highest BCUT2D eigenvalue weighted by Gasteiger charge is 1.97. The second-order valence-corrected chi connectivity index (χ2v) is 4.80. The van der Waals surface area contributed by atoms with Crippen molar-refractivity contribution in [3.05, 3.63) is 96.1 Å². The number of hydrogen-bond donors (Lipinski definition) is 0. The van der Waals surface area contributed by atoms with E-state index in [1.54, 1.807) is 0 Å². The Morgan fingerprint density at radius 3 is 1.21 bits per heavy atom. The summed E-state index contributed by atoms with van der Waals surface area (Å²) >= 11 is 0. The first-order valence-electron chi connectivity index (χ1n) is 6.69. The van der Waals surface area contributed by atoms with Crippen LogP contribution in [-0.2, 0) is 19.3 Å². The molecule has 0 fully saturated rings. The topological polar surface area (TPSA) is 0 Å². The van der Waals surface area contributed by atoms with Crippen LogP contribution in [0.3, 0.4) is 0 Å². The summed E-state index contributed by atoms with van der Waals surface area (Å²) in [5.74, 6) is 0. The SMILES string of the molecule is C=CCc1ccc(Cc2ccc(CC=C)cc2)cc1. The Morgan fingerprint density at radius 1 is 0.579 bits per heavy atom. The third kappa shape index (κ3) is 3.96. The summed E-state index contributed by atoms with van der Waals surface area (Å²) in [6, 6.07) is 17.6. The summed E-state index contributed by atoms with van der Waals surface area (Å²) in [5.41, 5.74) is 5.34. The molecule has 96 valence electrons. The lowest BCUT2D eigenvalue weighted by Gasteiger charge is -2.05. The summed E-state index contributed by atoms with van der Waals surface area (Å²) in [5, 5.41) is 0. The van der Waals surface area contributed by atoms with Crippen LogP contribution in [0.25, 0.3) is 0 Å². The average molecular weight is 248 g/mol. The van der Waals surface area contributed by atoms with E-state index in [1.165, 1.54) is 22.3 Å². The molecule has 0 bridgehead atoms. The molecule has 0 aliphatic heterocycles. The van der Waals surface area contributed by atoms with Gasteiger partial charge in [0.25, 0.3) is 0 Å². The molecule has 0 aliphatic rings. The molecule has 0 N–H and O–H groups in total. The van der Waals surface area contributed by atoms with Gasteiger partial charge in [-0.25, -0.2) is 0 Å². The van der Waals surface area contributed by atoms with Gasteiger partial charge in [-0.15, -0.1) is 13.2 Å². The van der Waals surface area contributed by atoms with Gasteiger partial charge in [0.1, 0.15) is 0 Å². The number of allylic oxidation sites excluding steroid dienone is 2. The molecule has 0 unspecified atom stereocenters. The fourth-order valence-corrected chi connectivity index (χ4v) is 2.16. The lowest BCUT2D eigenvalue weighted by Crippen LogP contribution is -1.90. The van der Waals surface area contributed by atoms with E-state index in [2.05, 4.69) is 61.7 Å². The van der Waals surface area contributed by atoms with E-state index in [4.69, 9.17) is 0 Å². The van der Waals surface area contributed by atoms with Gasteiger partial charge in [-0.3, -0.25) is 0 Å². The van der Waals surface area contributed by atoms with Gasteiger partial charge >= 0.3 is 0 Å². The Labute approximate surface area is 116 Å². The first-order valence-corrected chi connectivity index (χ1v) is 6.69. The van der Waals surface area contributed by atoms with Gasteiger partial charge in [0, 0.05) is 0 Å². The highest BCUT2D eigenvalue weighted by Crippen LogP contribution is 2.13. The van der Waals surface area contributed by atoms with Crippen molar-refractivity contribution in [1.29, 1.82) is 0 Å². The van der Waals surface area contributed by atoms with Crippen molar-refractivity contribution in [2.75, 3.05) is 0 Å². The van der Waals surface area contributed by atoms with Crippen LogP contribution < -0.4 is 0 Å². The first kappa shape index (κ1) is 13.4. The zero-order valence-corrected chi connectivity index (χ0v) is 11.3. The standard InChI is InChI=1S/C19H20/c1-3-5-16-7-11-18(12-8-16)15-19-13-9-17(6-4-2)10-14-19/h3-4,7-14H,1-2,5-6,15H2. The number of hydrogen-bond acceptors (Lipinski definition) is 0. The van der Waals surface area contributed by atoms with E-state index >= 15 is 0 Å². The number of benzene rings is 2. The molecule has 0 heteroatoms. The van der Waals surface area contributed by atoms with Crippen LogP contribution in [0.15, 0.2) is 73.8 Å². The van der Waals surface area contributed by atoms with Crippen molar-refractivity contribution in [3.63, 3.8) is 0 Å². The van der Waals surface area contributed by atoms with Crippen LogP contribution in [0.1, 0.15) is 22.3 Å². The summed E-state index contributed by atoms with van der Waals surface area (Å²) in [6.45, 7) is 7.52. The largest absolute Gasteiger partial charge is 0.103 e. The smallest absolute Gasteiger partial charge is 0.00258 e. The molecule has 0 saturated carbocycles. The molecule has 0 radical (unpaired) electrons. The number of rotatable bonds is 6. The van der Waals surface area contributed by atoms with Gasteiger partial charge in [0.15, 0.2) is 0 Å². The summed E-state index contributed by atoms with van der Waals surface area (Å²) in [4.78, 5) is 0. The van der Waals surface area contributed by atoms with E-state index in [9.17, 15) is 0 Å². The maximum Gasteiger partial charge on any atom is -0.00258 e. The molecule has 0 aliphatic carbocycles. The summed E-state index contributed by atoms with van der Waals surface area (Å²) in [7, 11) is 0. The molecule has 0 heterocycles. The predicted molar refractivity (Wildman–Crippen MR) is 83.5 cm³/mol. The molecule has 2 aromatic carbocycles. The van der Waals surface area contributed by atoms with Crippen molar-refractivity contribution in [2.24, 2.45) is 0 Å². The Hall–Kier alpha value is -2.08. The summed E-state index contributed by atoms with van der Waals surface area (Å²) in [6.07, 6.45) is 6.75. The van der Waals surface area contributed by atoms with E-state index < -0.39 is 0 Å². The Kier molecular flexibility index (Phi) is 4.74. The maximum atomic E-state index is 3.76. The van der Waals surface area contributed by atoms with E-state index in [0.29, 0.717) is 0 Å². The van der Waals surface area contributed by atoms with Crippen molar-refractivity contribution >= 4 is 0 Å². The van der Waals surface area contributed by atoms with Crippen LogP contribution in [0.4, 0.5) is 0 Å². The van der Waals surface area contributed by atoms with Crippen molar-refractivity contribution in [1.82, 2.24) is 0 Å². The van der Waals surface area contributed by atoms with Crippen molar-refractivity contribution in [3.8, 4) is 0 Å². The molecule has 0 aromatic heterocycles. The van der Waals surface area contributed by atoms with E-state index in [-0.39, 0.29) is 0 Å². The van der Waals surface area contributed by atoms with Crippen LogP contribution in [0.5, 0.6) is 0 Å². The van der Waals surface area contributed by atoms with E-state index in [0.717, 1.165) is 19.3 Å². The molecule has 19 heavy (non-hydrogen) atoms. The minimum atomic E-state index is 0.941. The maximum absolute atomic E-state index is 3.76. The van der Waals surface area contributed by atoms with Crippen LogP contribution in [0, 0.1) is 0 Å². The lowest BCUT2D eigenvalue weighted by atomic mass is 10.0. The molecule has 2 rings (SSSR count). The molecule has 2 aromatic rings. The average Bonchev–Trinajstić information content (AvgIpc) is 2.44. The Morgan fingerprint density at radius 2 is 0.895 bits per heavy atom. The minimum absolute atomic E-state index is 0.941. The van der Waals surface area contributed by atoms with Crippen LogP contribution in [-0.4, -0.2) is 0 Å². The predicted octanol–water partition coefficient (Wildman–Crippen LogP) is 4.73. The highest BCUT2D eigenvalue weighted by molar-refractivity contribution is 5.31. The second kappa shape index (κ2) is 6.75. The monoisotopic (exact) mass is 248 g/mol. The molecular formula is C19H20. The van der Waals surface area contributed by atoms with Crippen LogP contribution in [0.2, 0.25) is 0 Å². The Bertz CT molecular complexity index is 478. The molecule has 0 amide bonds. The third-order valence-corrected chi connectivity index (χ3v) is 3.21. The van der Waals surface area contributed by atoms with E-state index in [1.807, 2.05) is 12.2 Å². The quantitative estimate of drug-likeness (QED) is 0.648. The van der Waals surface area contributed by atoms with Gasteiger partial charge < -0.3 is 0 Å². The van der Waals surface area contributed by atoms with Gasteiger partial charge in [0.2, 0.25) is 0 Å². The molecular weight excluding hydrogens is 228 g/mol. The second-order valence-electron chi connectivity index (χ2n) is 4.80. The fraction of sp³-hybridized carbons (Fsp3) is 0.158. The van der Waals surface area contributed by atoms with Gasteiger partial charge in [-0.1, -0.05) is 60.7 Å².